The monoisotopic (exact) mass is 473 g/mol. The van der Waals surface area contributed by atoms with Crippen molar-refractivity contribution in [3.05, 3.63) is 59.7 Å². The number of rotatable bonds is 7. The number of amides is 2. The Morgan fingerprint density at radius 3 is 2.51 bits per heavy atom. The molecule has 0 radical (unpaired) electrons. The Labute approximate surface area is 209 Å². The number of carbonyl (C=O) groups is 1. The molecule has 0 unspecified atom stereocenters. The first-order valence-electron chi connectivity index (χ1n) is 12.8. The number of anilines is 3. The zero-order valence-electron chi connectivity index (χ0n) is 21.7. The number of nitrogens with one attached hydrogen (secondary N) is 3. The van der Waals surface area contributed by atoms with Crippen molar-refractivity contribution >= 4 is 34.1 Å². The van der Waals surface area contributed by atoms with E-state index >= 15 is 0 Å². The van der Waals surface area contributed by atoms with E-state index in [0.717, 1.165) is 48.3 Å². The van der Waals surface area contributed by atoms with Crippen molar-refractivity contribution in [1.82, 2.24) is 10.3 Å². The summed E-state index contributed by atoms with van der Waals surface area (Å²) in [5.41, 5.74) is 5.40. The SMILES string of the molecule is Cc1cccc(C(C)C)c1NC(=O)NC[C@H]1CC[C@@H](Nc2cc(N(C)C)c3ccccc3n2)CC1. The highest BCUT2D eigenvalue weighted by Gasteiger charge is 2.22. The van der Waals surface area contributed by atoms with Gasteiger partial charge in [0, 0.05) is 49.5 Å². The van der Waals surface area contributed by atoms with Crippen LogP contribution in [0.25, 0.3) is 10.9 Å². The Kier molecular flexibility index (Phi) is 7.79. The van der Waals surface area contributed by atoms with Crippen LogP contribution in [0.1, 0.15) is 56.6 Å². The lowest BCUT2D eigenvalue weighted by molar-refractivity contribution is 0.246. The molecule has 1 aliphatic carbocycles. The summed E-state index contributed by atoms with van der Waals surface area (Å²) in [5, 5.41) is 11.0. The van der Waals surface area contributed by atoms with Gasteiger partial charge in [-0.1, -0.05) is 50.2 Å². The van der Waals surface area contributed by atoms with E-state index in [4.69, 9.17) is 4.98 Å². The van der Waals surface area contributed by atoms with Crippen LogP contribution in [-0.4, -0.2) is 37.7 Å². The number of benzene rings is 2. The topological polar surface area (TPSA) is 69.3 Å². The Morgan fingerprint density at radius 1 is 1.06 bits per heavy atom. The van der Waals surface area contributed by atoms with E-state index in [1.807, 2.05) is 19.1 Å². The summed E-state index contributed by atoms with van der Waals surface area (Å²) in [6, 6.07) is 16.9. The predicted molar refractivity (Wildman–Crippen MR) is 148 cm³/mol. The molecule has 2 aromatic carbocycles. The van der Waals surface area contributed by atoms with E-state index in [1.54, 1.807) is 0 Å². The quantitative estimate of drug-likeness (QED) is 0.365. The molecule has 35 heavy (non-hydrogen) atoms. The maximum Gasteiger partial charge on any atom is 0.319 e. The first-order chi connectivity index (χ1) is 16.8. The lowest BCUT2D eigenvalue weighted by atomic mass is 9.86. The van der Waals surface area contributed by atoms with Crippen molar-refractivity contribution in [1.29, 1.82) is 0 Å². The van der Waals surface area contributed by atoms with Crippen LogP contribution in [0.4, 0.5) is 22.0 Å². The molecule has 1 fully saturated rings. The van der Waals surface area contributed by atoms with Gasteiger partial charge in [0.25, 0.3) is 0 Å². The maximum atomic E-state index is 12.6. The van der Waals surface area contributed by atoms with Gasteiger partial charge in [0.15, 0.2) is 0 Å². The lowest BCUT2D eigenvalue weighted by Crippen LogP contribution is -2.36. The average molecular weight is 474 g/mol. The van der Waals surface area contributed by atoms with Crippen molar-refractivity contribution in [3.8, 4) is 0 Å². The van der Waals surface area contributed by atoms with Gasteiger partial charge in [0.2, 0.25) is 0 Å². The van der Waals surface area contributed by atoms with Gasteiger partial charge >= 0.3 is 6.03 Å². The smallest absolute Gasteiger partial charge is 0.319 e. The second kappa shape index (κ2) is 11.0. The van der Waals surface area contributed by atoms with Crippen LogP contribution >= 0.6 is 0 Å². The number of carbonyl (C=O) groups excluding carboxylic acids is 1. The molecular weight excluding hydrogens is 434 g/mol. The normalized spacial score (nSPS) is 17.9. The van der Waals surface area contributed by atoms with E-state index in [2.05, 4.69) is 85.2 Å². The molecule has 1 heterocycles. The summed E-state index contributed by atoms with van der Waals surface area (Å²) in [4.78, 5) is 19.6. The molecule has 3 aromatic rings. The number of aromatic nitrogens is 1. The lowest BCUT2D eigenvalue weighted by Gasteiger charge is -2.30. The molecule has 186 valence electrons. The van der Waals surface area contributed by atoms with E-state index < -0.39 is 0 Å². The Hall–Kier alpha value is -3.28. The van der Waals surface area contributed by atoms with Gasteiger partial charge in [-0.25, -0.2) is 9.78 Å². The summed E-state index contributed by atoms with van der Waals surface area (Å²) < 4.78 is 0. The van der Waals surface area contributed by atoms with Crippen LogP contribution in [0.2, 0.25) is 0 Å². The molecule has 0 bridgehead atoms. The predicted octanol–water partition coefficient (Wildman–Crippen LogP) is 6.53. The average Bonchev–Trinajstić information content (AvgIpc) is 2.84. The molecule has 3 N–H and O–H groups in total. The number of nitrogens with zero attached hydrogens (tertiary/aromatic N) is 2. The molecule has 6 heteroatoms. The van der Waals surface area contributed by atoms with E-state index in [0.29, 0.717) is 24.4 Å². The molecule has 6 nitrogen and oxygen atoms in total. The van der Waals surface area contributed by atoms with Gasteiger partial charge in [-0.05, 0) is 61.6 Å². The van der Waals surface area contributed by atoms with Crippen molar-refractivity contribution in [2.45, 2.75) is 58.4 Å². The minimum atomic E-state index is -0.113. The van der Waals surface area contributed by atoms with Crippen LogP contribution in [0, 0.1) is 12.8 Å². The molecule has 0 atom stereocenters. The molecule has 1 aliphatic rings. The summed E-state index contributed by atoms with van der Waals surface area (Å²) in [6.07, 6.45) is 4.34. The van der Waals surface area contributed by atoms with Crippen molar-refractivity contribution < 1.29 is 4.79 Å². The number of para-hydroxylation sites is 2. The van der Waals surface area contributed by atoms with Crippen molar-refractivity contribution in [3.63, 3.8) is 0 Å². The number of pyridine rings is 1. The Bertz CT molecular complexity index is 1160. The zero-order chi connectivity index (χ0) is 24.9. The number of hydrogen-bond acceptors (Lipinski definition) is 4. The van der Waals surface area contributed by atoms with Gasteiger partial charge in [-0.2, -0.15) is 0 Å². The first kappa shape index (κ1) is 24.8. The number of fused-ring (bicyclic) bond motifs is 1. The fourth-order valence-corrected chi connectivity index (χ4v) is 5.06. The minimum absolute atomic E-state index is 0.113. The van der Waals surface area contributed by atoms with Gasteiger partial charge in [-0.3, -0.25) is 0 Å². The number of urea groups is 1. The summed E-state index contributed by atoms with van der Waals surface area (Å²) in [7, 11) is 4.14. The van der Waals surface area contributed by atoms with Gasteiger partial charge in [0.05, 0.1) is 5.52 Å². The Balaban J connectivity index is 1.29. The standard InChI is InChI=1S/C29H39N5O/c1-19(2)23-11-8-9-20(3)28(23)33-29(35)30-18-21-13-15-22(16-14-21)31-27-17-26(34(4)5)24-10-6-7-12-25(24)32-27/h6-12,17,19,21-22H,13-16,18H2,1-5H3,(H,31,32)(H2,30,33,35)/t21-,22+. The van der Waals surface area contributed by atoms with Gasteiger partial charge in [0.1, 0.15) is 5.82 Å². The van der Waals surface area contributed by atoms with Crippen molar-refractivity contribution in [2.24, 2.45) is 5.92 Å². The highest BCUT2D eigenvalue weighted by atomic mass is 16.2. The molecule has 1 saturated carbocycles. The van der Waals surface area contributed by atoms with Crippen LogP contribution in [0.5, 0.6) is 0 Å². The summed E-state index contributed by atoms with van der Waals surface area (Å²) in [6.45, 7) is 7.06. The summed E-state index contributed by atoms with van der Waals surface area (Å²) >= 11 is 0. The number of aryl methyl sites for hydroxylation is 1. The third kappa shape index (κ3) is 6.05. The molecule has 0 spiro atoms. The van der Waals surface area contributed by atoms with Crippen LogP contribution < -0.4 is 20.9 Å². The molecule has 0 saturated heterocycles. The third-order valence-electron chi connectivity index (χ3n) is 7.09. The molecule has 4 rings (SSSR count). The maximum absolute atomic E-state index is 12.6. The van der Waals surface area contributed by atoms with Gasteiger partial charge < -0.3 is 20.9 Å². The summed E-state index contributed by atoms with van der Waals surface area (Å²) in [5.74, 6) is 1.80. The minimum Gasteiger partial charge on any atom is -0.377 e. The van der Waals surface area contributed by atoms with Gasteiger partial charge in [-0.15, -0.1) is 0 Å². The highest BCUT2D eigenvalue weighted by Crippen LogP contribution is 2.31. The first-order valence-corrected chi connectivity index (χ1v) is 12.8. The molecule has 2 amide bonds. The van der Waals surface area contributed by atoms with Crippen LogP contribution in [0.3, 0.4) is 0 Å². The van der Waals surface area contributed by atoms with E-state index in [1.165, 1.54) is 16.6 Å². The second-order valence-corrected chi connectivity index (χ2v) is 10.3. The zero-order valence-corrected chi connectivity index (χ0v) is 21.7. The van der Waals surface area contributed by atoms with E-state index in [9.17, 15) is 4.79 Å². The highest BCUT2D eigenvalue weighted by molar-refractivity contribution is 5.93. The fraction of sp³-hybridized carbons (Fsp3) is 0.448. The van der Waals surface area contributed by atoms with Crippen molar-refractivity contribution in [2.75, 3.05) is 36.2 Å². The number of hydrogen-bond donors (Lipinski definition) is 3. The third-order valence-corrected chi connectivity index (χ3v) is 7.09. The van der Waals surface area contributed by atoms with Crippen LogP contribution in [-0.2, 0) is 0 Å². The second-order valence-electron chi connectivity index (χ2n) is 10.3. The fourth-order valence-electron chi connectivity index (χ4n) is 5.06. The van der Waals surface area contributed by atoms with E-state index in [-0.39, 0.29) is 6.03 Å². The molecular formula is C29H39N5O. The largest absolute Gasteiger partial charge is 0.377 e. The Morgan fingerprint density at radius 2 is 1.80 bits per heavy atom. The molecule has 1 aromatic heterocycles. The van der Waals surface area contributed by atoms with Crippen LogP contribution in [0.15, 0.2) is 48.5 Å². The molecule has 0 aliphatic heterocycles.